The van der Waals surface area contributed by atoms with Gasteiger partial charge >= 0.3 is 0 Å². The van der Waals surface area contributed by atoms with Gasteiger partial charge in [0.2, 0.25) is 5.88 Å². The van der Waals surface area contributed by atoms with Crippen molar-refractivity contribution in [2.45, 2.75) is 6.92 Å². The van der Waals surface area contributed by atoms with Gasteiger partial charge in [0.25, 0.3) is 11.3 Å². The normalized spacial score (nSPS) is 11.7. The molecule has 0 aliphatic rings. The third-order valence-electron chi connectivity index (χ3n) is 3.16. The van der Waals surface area contributed by atoms with Crippen LogP contribution in [0.2, 0.25) is 5.02 Å². The first kappa shape index (κ1) is 18.1. The number of hydrogen-bond donors (Lipinski definition) is 1. The van der Waals surface area contributed by atoms with Gasteiger partial charge in [-0.1, -0.05) is 11.6 Å². The highest BCUT2D eigenvalue weighted by molar-refractivity contribution is 7.80. The summed E-state index contributed by atoms with van der Waals surface area (Å²) in [6.45, 7) is 1.75. The van der Waals surface area contributed by atoms with Crippen LogP contribution in [-0.4, -0.2) is 32.4 Å². The highest BCUT2D eigenvalue weighted by Crippen LogP contribution is 2.36. The number of halogens is 2. The number of nitriles is 1. The van der Waals surface area contributed by atoms with Crippen LogP contribution in [0.4, 0.5) is 10.1 Å². The lowest BCUT2D eigenvalue weighted by molar-refractivity contribution is 0.397. The lowest BCUT2D eigenvalue weighted by Crippen LogP contribution is -2.25. The Labute approximate surface area is 145 Å². The lowest BCUT2D eigenvalue weighted by atomic mass is 10.1. The Morgan fingerprint density at radius 3 is 2.75 bits per heavy atom. The van der Waals surface area contributed by atoms with Crippen molar-refractivity contribution in [3.8, 4) is 23.2 Å². The molecule has 1 aromatic carbocycles. The van der Waals surface area contributed by atoms with Crippen molar-refractivity contribution in [2.24, 2.45) is 0 Å². The van der Waals surface area contributed by atoms with Crippen molar-refractivity contribution in [3.63, 3.8) is 0 Å². The van der Waals surface area contributed by atoms with Crippen LogP contribution in [-0.2, 0) is 11.3 Å². The summed E-state index contributed by atoms with van der Waals surface area (Å²) in [5.74, 6) is -0.692. The summed E-state index contributed by atoms with van der Waals surface area (Å²) in [7, 11) is 1.35. The van der Waals surface area contributed by atoms with Crippen LogP contribution in [0, 0.1) is 17.1 Å². The van der Waals surface area contributed by atoms with E-state index in [0.717, 1.165) is 16.7 Å². The molecule has 0 saturated carbocycles. The molecule has 1 atom stereocenters. The van der Waals surface area contributed by atoms with Crippen molar-refractivity contribution in [1.29, 1.82) is 5.26 Å². The Balaban J connectivity index is 2.73. The molecule has 1 aromatic heterocycles. The Bertz CT molecular complexity index is 843. The van der Waals surface area contributed by atoms with Gasteiger partial charge in [0.05, 0.1) is 24.1 Å². The van der Waals surface area contributed by atoms with Gasteiger partial charge in [-0.15, -0.1) is 0 Å². The maximum absolute atomic E-state index is 14.4. The smallest absolute Gasteiger partial charge is 0.261 e. The summed E-state index contributed by atoms with van der Waals surface area (Å²) in [4.78, 5) is 7.75. The third-order valence-corrected chi connectivity index (χ3v) is 4.33. The van der Waals surface area contributed by atoms with Crippen LogP contribution >= 0.6 is 11.6 Å². The molecular formula is C14H12ClFN4O3S. The molecule has 0 fully saturated rings. The molecule has 0 amide bonds. The lowest BCUT2D eigenvalue weighted by Gasteiger charge is -2.20. The summed E-state index contributed by atoms with van der Waals surface area (Å²) in [6, 6.07) is 4.02. The van der Waals surface area contributed by atoms with E-state index in [9.17, 15) is 18.4 Å². The number of ether oxygens (including phenoxy) is 1. The predicted octanol–water partition coefficient (Wildman–Crippen LogP) is 2.78. The zero-order valence-electron chi connectivity index (χ0n) is 12.7. The van der Waals surface area contributed by atoms with E-state index >= 15 is 0 Å². The molecule has 24 heavy (non-hydrogen) atoms. The molecule has 10 heteroatoms. The molecule has 0 radical (unpaired) electrons. The van der Waals surface area contributed by atoms with E-state index in [2.05, 4.69) is 9.97 Å². The molecule has 7 nitrogen and oxygen atoms in total. The predicted molar refractivity (Wildman–Crippen MR) is 87.5 cm³/mol. The first-order chi connectivity index (χ1) is 11.4. The summed E-state index contributed by atoms with van der Waals surface area (Å²) >= 11 is 3.73. The van der Waals surface area contributed by atoms with E-state index in [4.69, 9.17) is 16.3 Å². The fourth-order valence-electron chi connectivity index (χ4n) is 2.09. The third kappa shape index (κ3) is 3.31. The van der Waals surface area contributed by atoms with E-state index < -0.39 is 17.1 Å². The van der Waals surface area contributed by atoms with Gasteiger partial charge in [0, 0.05) is 12.1 Å². The maximum atomic E-state index is 14.4. The quantitative estimate of drug-likeness (QED) is 0.812. The Hall–Kier alpha value is -2.28. The minimum absolute atomic E-state index is 0.0114. The van der Waals surface area contributed by atoms with Crippen molar-refractivity contribution >= 4 is 28.6 Å². The molecule has 1 unspecified atom stereocenters. The topological polar surface area (TPSA) is 99.3 Å². The first-order valence-corrected chi connectivity index (χ1v) is 8.05. The molecule has 1 N–H and O–H groups in total. The molecular weight excluding hydrogens is 359 g/mol. The highest BCUT2D eigenvalue weighted by Gasteiger charge is 2.22. The second kappa shape index (κ2) is 7.53. The van der Waals surface area contributed by atoms with Crippen molar-refractivity contribution < 1.29 is 17.9 Å². The number of benzene rings is 1. The molecule has 0 spiro atoms. The summed E-state index contributed by atoms with van der Waals surface area (Å²) in [5, 5.41) is 9.16. The number of anilines is 1. The highest BCUT2D eigenvalue weighted by atomic mass is 35.5. The number of rotatable bonds is 5. The van der Waals surface area contributed by atoms with Crippen LogP contribution in [0.25, 0.3) is 11.3 Å². The van der Waals surface area contributed by atoms with Gasteiger partial charge in [-0.3, -0.25) is 8.86 Å². The first-order valence-electron chi connectivity index (χ1n) is 6.61. The van der Waals surface area contributed by atoms with Gasteiger partial charge in [0.15, 0.2) is 0 Å². The minimum atomic E-state index is -2.38. The summed E-state index contributed by atoms with van der Waals surface area (Å²) in [6.07, 6.45) is 1.15. The SMILES string of the molecule is CCN(c1cc(-c2ncnc(OC)c2Cl)c(F)cc1C#N)S(=O)O. The molecule has 0 saturated heterocycles. The van der Waals surface area contributed by atoms with Crippen molar-refractivity contribution in [3.05, 3.63) is 34.9 Å². The van der Waals surface area contributed by atoms with Crippen LogP contribution < -0.4 is 9.04 Å². The number of nitrogens with zero attached hydrogens (tertiary/aromatic N) is 4. The van der Waals surface area contributed by atoms with E-state index in [0.29, 0.717) is 0 Å². The second-order valence-electron chi connectivity index (χ2n) is 4.43. The molecule has 2 rings (SSSR count). The van der Waals surface area contributed by atoms with Crippen LogP contribution in [0.3, 0.4) is 0 Å². The van der Waals surface area contributed by atoms with Gasteiger partial charge in [0.1, 0.15) is 23.2 Å². The second-order valence-corrected chi connectivity index (χ2v) is 5.71. The van der Waals surface area contributed by atoms with E-state index in [1.807, 2.05) is 0 Å². The fourth-order valence-corrected chi connectivity index (χ4v) is 2.90. The fraction of sp³-hybridized carbons (Fsp3) is 0.214. The number of hydrogen-bond acceptors (Lipinski definition) is 5. The standard InChI is InChI=1S/C14H12ClFN4O3S/c1-3-20(24(21)22)11-5-9(10(16)4-8(11)6-17)13-12(15)14(23-2)19-7-18-13/h4-5,7H,3H2,1-2H3,(H,21,22). The maximum Gasteiger partial charge on any atom is 0.261 e. The average Bonchev–Trinajstić information content (AvgIpc) is 2.56. The van der Waals surface area contributed by atoms with E-state index in [-0.39, 0.29) is 40.0 Å². The van der Waals surface area contributed by atoms with E-state index in [1.54, 1.807) is 13.0 Å². The molecule has 0 aliphatic carbocycles. The molecule has 2 aromatic rings. The van der Waals surface area contributed by atoms with Crippen molar-refractivity contribution in [1.82, 2.24) is 9.97 Å². The molecule has 0 bridgehead atoms. The number of aromatic nitrogens is 2. The monoisotopic (exact) mass is 370 g/mol. The van der Waals surface area contributed by atoms with Gasteiger partial charge in [-0.25, -0.2) is 18.6 Å². The van der Waals surface area contributed by atoms with Gasteiger partial charge < -0.3 is 4.74 Å². The minimum Gasteiger partial charge on any atom is -0.480 e. The zero-order chi connectivity index (χ0) is 17.9. The Kier molecular flexibility index (Phi) is 5.66. The Morgan fingerprint density at radius 2 is 2.21 bits per heavy atom. The largest absolute Gasteiger partial charge is 0.480 e. The molecule has 0 aliphatic heterocycles. The van der Waals surface area contributed by atoms with Crippen LogP contribution in [0.15, 0.2) is 18.5 Å². The summed E-state index contributed by atoms with van der Waals surface area (Å²) < 4.78 is 41.3. The number of methoxy groups -OCH3 is 1. The van der Waals surface area contributed by atoms with Gasteiger partial charge in [-0.2, -0.15) is 5.26 Å². The van der Waals surface area contributed by atoms with Crippen LogP contribution in [0.1, 0.15) is 12.5 Å². The van der Waals surface area contributed by atoms with Gasteiger partial charge in [-0.05, 0) is 19.1 Å². The van der Waals surface area contributed by atoms with E-state index in [1.165, 1.54) is 13.2 Å². The van der Waals surface area contributed by atoms with Crippen molar-refractivity contribution in [2.75, 3.05) is 18.0 Å². The average molecular weight is 371 g/mol. The van der Waals surface area contributed by atoms with Crippen LogP contribution in [0.5, 0.6) is 5.88 Å². The zero-order valence-corrected chi connectivity index (χ0v) is 14.2. The molecule has 1 heterocycles. The summed E-state index contributed by atoms with van der Waals surface area (Å²) in [5.41, 5.74) is 0.00801. The Morgan fingerprint density at radius 1 is 1.50 bits per heavy atom. The molecule has 126 valence electrons.